The quantitative estimate of drug-likeness (QED) is 0.776. The lowest BCUT2D eigenvalue weighted by Crippen LogP contribution is -2.48. The van der Waals surface area contributed by atoms with Crippen molar-refractivity contribution in [2.45, 2.75) is 13.0 Å². The van der Waals surface area contributed by atoms with E-state index in [4.69, 9.17) is 0 Å². The second kappa shape index (κ2) is 7.57. The number of rotatable bonds is 3. The van der Waals surface area contributed by atoms with Crippen LogP contribution in [-0.2, 0) is 4.79 Å². The Kier molecular flexibility index (Phi) is 5.32. The van der Waals surface area contributed by atoms with Crippen LogP contribution in [0, 0.1) is 23.3 Å². The number of carbonyl (C=O) groups is 2. The molecule has 0 unspecified atom stereocenters. The van der Waals surface area contributed by atoms with Gasteiger partial charge < -0.3 is 15.1 Å². The van der Waals surface area contributed by atoms with Crippen molar-refractivity contribution < 1.29 is 27.2 Å². The van der Waals surface area contributed by atoms with Crippen LogP contribution in [0.3, 0.4) is 0 Å². The molecule has 5 nitrogen and oxygen atoms in total. The molecule has 1 atom stereocenters. The molecule has 2 aromatic carbocycles. The van der Waals surface area contributed by atoms with Gasteiger partial charge in [0.25, 0.3) is 5.91 Å². The van der Waals surface area contributed by atoms with Gasteiger partial charge in [0, 0.05) is 31.5 Å². The van der Waals surface area contributed by atoms with E-state index in [1.807, 2.05) is 0 Å². The molecule has 1 heterocycles. The Hall–Kier alpha value is -3.36. The summed E-state index contributed by atoms with van der Waals surface area (Å²) in [5.41, 5.74) is -0.459. The van der Waals surface area contributed by atoms with Gasteiger partial charge in [-0.1, -0.05) is 6.07 Å². The first kappa shape index (κ1) is 20.4. The topological polar surface area (TPSA) is 52.7 Å². The zero-order chi connectivity index (χ0) is 21.5. The molecule has 3 amide bonds. The molecule has 9 heteroatoms. The van der Waals surface area contributed by atoms with E-state index < -0.39 is 46.8 Å². The molecule has 1 aliphatic rings. The van der Waals surface area contributed by atoms with Crippen molar-refractivity contribution in [1.82, 2.24) is 9.80 Å². The monoisotopic (exact) mass is 407 g/mol. The van der Waals surface area contributed by atoms with Crippen LogP contribution in [-0.4, -0.2) is 35.8 Å². The molecule has 0 radical (unpaired) electrons. The molecule has 0 bridgehead atoms. The van der Waals surface area contributed by atoms with Crippen molar-refractivity contribution in [2.24, 2.45) is 0 Å². The van der Waals surface area contributed by atoms with Crippen molar-refractivity contribution in [1.29, 1.82) is 0 Å². The summed E-state index contributed by atoms with van der Waals surface area (Å²) in [4.78, 5) is 27.7. The molecule has 3 rings (SSSR count). The van der Waals surface area contributed by atoms with Crippen LogP contribution < -0.4 is 5.32 Å². The van der Waals surface area contributed by atoms with E-state index in [-0.39, 0.29) is 17.0 Å². The SMILES string of the molecule is CC1=C(C(=O)Nc2ccc(F)c(F)c2)[C@H](c2c(F)cccc2F)N(C)C(=O)N1C. The number of hydrogen-bond acceptors (Lipinski definition) is 2. The summed E-state index contributed by atoms with van der Waals surface area (Å²) >= 11 is 0. The Labute approximate surface area is 164 Å². The number of urea groups is 1. The van der Waals surface area contributed by atoms with E-state index in [1.165, 1.54) is 27.1 Å². The van der Waals surface area contributed by atoms with Gasteiger partial charge in [0.2, 0.25) is 0 Å². The zero-order valence-corrected chi connectivity index (χ0v) is 15.8. The summed E-state index contributed by atoms with van der Waals surface area (Å²) in [5.74, 6) is -4.92. The van der Waals surface area contributed by atoms with Crippen molar-refractivity contribution >= 4 is 17.6 Å². The molecule has 1 aliphatic heterocycles. The summed E-state index contributed by atoms with van der Waals surface area (Å²) in [6.07, 6.45) is 0. The third-order valence-electron chi connectivity index (χ3n) is 4.84. The Balaban J connectivity index is 2.11. The van der Waals surface area contributed by atoms with Crippen LogP contribution in [0.5, 0.6) is 0 Å². The van der Waals surface area contributed by atoms with Crippen molar-refractivity contribution in [3.05, 3.63) is 76.5 Å². The summed E-state index contributed by atoms with van der Waals surface area (Å²) < 4.78 is 55.6. The van der Waals surface area contributed by atoms with E-state index in [2.05, 4.69) is 5.32 Å². The minimum absolute atomic E-state index is 0.0517. The Morgan fingerprint density at radius 2 is 1.59 bits per heavy atom. The van der Waals surface area contributed by atoms with E-state index in [0.29, 0.717) is 0 Å². The van der Waals surface area contributed by atoms with Gasteiger partial charge in [0.05, 0.1) is 17.2 Å². The number of nitrogens with zero attached hydrogens (tertiary/aromatic N) is 2. The third kappa shape index (κ3) is 3.55. The van der Waals surface area contributed by atoms with Gasteiger partial charge in [-0.2, -0.15) is 0 Å². The highest BCUT2D eigenvalue weighted by molar-refractivity contribution is 6.06. The van der Waals surface area contributed by atoms with Crippen LogP contribution in [0.25, 0.3) is 0 Å². The summed E-state index contributed by atoms with van der Waals surface area (Å²) in [5, 5.41) is 2.39. The average Bonchev–Trinajstić information content (AvgIpc) is 2.66. The average molecular weight is 407 g/mol. The number of likely N-dealkylation sites (N-methyl/N-ethyl adjacent to an activating group) is 1. The molecular formula is C20H17F4N3O2. The standard InChI is InChI=1S/C20H17F4N3O2/c1-10-16(19(28)25-11-7-8-12(21)15(24)9-11)18(27(3)20(29)26(10)2)17-13(22)5-4-6-14(17)23/h4-9,18H,1-3H3,(H,25,28)/t18-/m1/s1. The first-order valence-electron chi connectivity index (χ1n) is 8.55. The fourth-order valence-corrected chi connectivity index (χ4v) is 3.23. The maximum Gasteiger partial charge on any atom is 0.324 e. The molecule has 0 aliphatic carbocycles. The van der Waals surface area contributed by atoms with Crippen LogP contribution in [0.15, 0.2) is 47.7 Å². The van der Waals surface area contributed by atoms with Gasteiger partial charge in [-0.05, 0) is 31.2 Å². The van der Waals surface area contributed by atoms with Gasteiger partial charge in [0.15, 0.2) is 11.6 Å². The summed E-state index contributed by atoms with van der Waals surface area (Å²) in [7, 11) is 2.72. The molecule has 0 fully saturated rings. The Morgan fingerprint density at radius 3 is 2.17 bits per heavy atom. The molecule has 2 aromatic rings. The van der Waals surface area contributed by atoms with Gasteiger partial charge in [0.1, 0.15) is 11.6 Å². The maximum atomic E-state index is 14.5. The van der Waals surface area contributed by atoms with E-state index in [0.717, 1.165) is 40.1 Å². The summed E-state index contributed by atoms with van der Waals surface area (Å²) in [6, 6.07) is 4.05. The van der Waals surface area contributed by atoms with Crippen LogP contribution in [0.4, 0.5) is 28.0 Å². The lowest BCUT2D eigenvalue weighted by Gasteiger charge is -2.40. The first-order chi connectivity index (χ1) is 13.6. The normalized spacial score (nSPS) is 17.1. The highest BCUT2D eigenvalue weighted by Crippen LogP contribution is 2.38. The van der Waals surface area contributed by atoms with Crippen LogP contribution in [0.1, 0.15) is 18.5 Å². The molecule has 152 valence electrons. The highest BCUT2D eigenvalue weighted by Gasteiger charge is 2.41. The predicted molar refractivity (Wildman–Crippen MR) is 97.7 cm³/mol. The second-order valence-corrected chi connectivity index (χ2v) is 6.57. The fourth-order valence-electron chi connectivity index (χ4n) is 3.23. The van der Waals surface area contributed by atoms with E-state index in [9.17, 15) is 27.2 Å². The minimum atomic E-state index is -1.36. The predicted octanol–water partition coefficient (Wildman–Crippen LogP) is 4.19. The minimum Gasteiger partial charge on any atom is -0.322 e. The molecule has 0 saturated heterocycles. The van der Waals surface area contributed by atoms with Crippen molar-refractivity contribution in [2.75, 3.05) is 19.4 Å². The Bertz CT molecular complexity index is 1020. The number of nitrogens with one attached hydrogen (secondary N) is 1. The van der Waals surface area contributed by atoms with Gasteiger partial charge in [-0.3, -0.25) is 4.79 Å². The molecule has 29 heavy (non-hydrogen) atoms. The summed E-state index contributed by atoms with van der Waals surface area (Å²) in [6.45, 7) is 1.46. The largest absolute Gasteiger partial charge is 0.324 e. The number of hydrogen-bond donors (Lipinski definition) is 1. The van der Waals surface area contributed by atoms with Gasteiger partial charge >= 0.3 is 6.03 Å². The number of benzene rings is 2. The molecule has 1 N–H and O–H groups in total. The zero-order valence-electron chi connectivity index (χ0n) is 15.8. The van der Waals surface area contributed by atoms with E-state index in [1.54, 1.807) is 0 Å². The lowest BCUT2D eigenvalue weighted by atomic mass is 9.92. The second-order valence-electron chi connectivity index (χ2n) is 6.57. The number of amides is 3. The first-order valence-corrected chi connectivity index (χ1v) is 8.55. The number of carbonyl (C=O) groups excluding carboxylic acids is 2. The molecule has 0 spiro atoms. The van der Waals surface area contributed by atoms with E-state index >= 15 is 0 Å². The number of anilines is 1. The third-order valence-corrected chi connectivity index (χ3v) is 4.84. The van der Waals surface area contributed by atoms with Crippen molar-refractivity contribution in [3.63, 3.8) is 0 Å². The van der Waals surface area contributed by atoms with Crippen molar-refractivity contribution in [3.8, 4) is 0 Å². The van der Waals surface area contributed by atoms with Gasteiger partial charge in [-0.25, -0.2) is 22.4 Å². The van der Waals surface area contributed by atoms with Crippen LogP contribution >= 0.6 is 0 Å². The number of halogens is 4. The number of allylic oxidation sites excluding steroid dienone is 1. The van der Waals surface area contributed by atoms with Crippen LogP contribution in [0.2, 0.25) is 0 Å². The van der Waals surface area contributed by atoms with Gasteiger partial charge in [-0.15, -0.1) is 0 Å². The smallest absolute Gasteiger partial charge is 0.322 e. The fraction of sp³-hybridized carbons (Fsp3) is 0.200. The highest BCUT2D eigenvalue weighted by atomic mass is 19.2. The maximum absolute atomic E-state index is 14.5. The molecular weight excluding hydrogens is 390 g/mol. The Morgan fingerprint density at radius 1 is 0.966 bits per heavy atom. The lowest BCUT2D eigenvalue weighted by molar-refractivity contribution is -0.113. The molecule has 0 saturated carbocycles. The molecule has 0 aromatic heterocycles.